The van der Waals surface area contributed by atoms with E-state index in [1.807, 2.05) is 44.4 Å². The molecule has 0 saturated carbocycles. The van der Waals surface area contributed by atoms with Gasteiger partial charge in [-0.05, 0) is 53.0 Å². The van der Waals surface area contributed by atoms with Crippen molar-refractivity contribution in [1.82, 2.24) is 10.6 Å². The molecule has 2 atom stereocenters. The van der Waals surface area contributed by atoms with Gasteiger partial charge in [0.25, 0.3) is 0 Å². The van der Waals surface area contributed by atoms with Crippen LogP contribution in [0.25, 0.3) is 11.1 Å². The van der Waals surface area contributed by atoms with Crippen LogP contribution in [0.4, 0.5) is 4.79 Å². The van der Waals surface area contributed by atoms with Gasteiger partial charge in [-0.15, -0.1) is 0 Å². The molecule has 3 N–H and O–H groups in total. The molecule has 2 aromatic carbocycles. The molecule has 2 aromatic rings. The van der Waals surface area contributed by atoms with Crippen molar-refractivity contribution in [2.45, 2.75) is 38.6 Å². The number of ether oxygens (including phenoxy) is 1. The molecule has 0 heterocycles. The number of thioether (sulfide) groups is 1. The van der Waals surface area contributed by atoms with Crippen LogP contribution in [-0.4, -0.2) is 54.3 Å². The molecular formula is C27H34N2O5S. The molecule has 7 nitrogen and oxygen atoms in total. The van der Waals surface area contributed by atoms with E-state index in [4.69, 9.17) is 4.74 Å². The predicted molar refractivity (Wildman–Crippen MR) is 139 cm³/mol. The summed E-state index contributed by atoms with van der Waals surface area (Å²) in [7, 11) is 0. The zero-order valence-electron chi connectivity index (χ0n) is 20.5. The number of hydrogen-bond donors (Lipinski definition) is 3. The van der Waals surface area contributed by atoms with Crippen molar-refractivity contribution >= 4 is 29.7 Å². The molecule has 3 rings (SSSR count). The number of hydrogen-bond acceptors (Lipinski definition) is 5. The molecule has 0 saturated heterocycles. The van der Waals surface area contributed by atoms with Crippen LogP contribution in [0.5, 0.6) is 0 Å². The van der Waals surface area contributed by atoms with Crippen molar-refractivity contribution in [2.24, 2.45) is 11.8 Å². The number of benzene rings is 2. The molecule has 0 fully saturated rings. The fraction of sp³-hybridized carbons (Fsp3) is 0.444. The number of fused-ring (bicyclic) bond motifs is 3. The Balaban J connectivity index is 1.58. The van der Waals surface area contributed by atoms with E-state index < -0.39 is 24.0 Å². The van der Waals surface area contributed by atoms with Crippen molar-refractivity contribution in [1.29, 1.82) is 0 Å². The van der Waals surface area contributed by atoms with Crippen LogP contribution in [0.15, 0.2) is 48.5 Å². The summed E-state index contributed by atoms with van der Waals surface area (Å²) in [6.45, 7) is 4.23. The van der Waals surface area contributed by atoms with Gasteiger partial charge in [-0.25, -0.2) is 9.59 Å². The largest absolute Gasteiger partial charge is 0.480 e. The maximum absolute atomic E-state index is 12.8. The second kappa shape index (κ2) is 12.6. The van der Waals surface area contributed by atoms with Gasteiger partial charge in [-0.3, -0.25) is 4.79 Å². The van der Waals surface area contributed by atoms with E-state index >= 15 is 0 Å². The Hall–Kier alpha value is -3.00. The Bertz CT molecular complexity index is 996. The second-order valence-corrected chi connectivity index (χ2v) is 10.2. The van der Waals surface area contributed by atoms with Gasteiger partial charge < -0.3 is 20.5 Å². The van der Waals surface area contributed by atoms with Crippen LogP contribution in [0, 0.1) is 11.8 Å². The first kappa shape index (κ1) is 26.6. The van der Waals surface area contributed by atoms with Gasteiger partial charge in [0.05, 0.1) is 5.92 Å². The Labute approximate surface area is 211 Å². The van der Waals surface area contributed by atoms with E-state index in [-0.39, 0.29) is 30.9 Å². The summed E-state index contributed by atoms with van der Waals surface area (Å²) >= 11 is 1.53. The summed E-state index contributed by atoms with van der Waals surface area (Å²) in [4.78, 5) is 36.9. The Morgan fingerprint density at radius 2 is 1.63 bits per heavy atom. The van der Waals surface area contributed by atoms with Crippen LogP contribution in [0.2, 0.25) is 0 Å². The molecule has 2 amide bonds. The van der Waals surface area contributed by atoms with E-state index in [0.717, 1.165) is 22.3 Å². The third-order valence-corrected chi connectivity index (χ3v) is 6.83. The molecule has 0 spiro atoms. The van der Waals surface area contributed by atoms with E-state index in [9.17, 15) is 19.5 Å². The average molecular weight is 499 g/mol. The first-order valence-corrected chi connectivity index (χ1v) is 13.3. The summed E-state index contributed by atoms with van der Waals surface area (Å²) in [5.41, 5.74) is 4.56. The van der Waals surface area contributed by atoms with Gasteiger partial charge in [0.1, 0.15) is 12.6 Å². The lowest BCUT2D eigenvalue weighted by molar-refractivity contribution is -0.142. The van der Waals surface area contributed by atoms with Gasteiger partial charge in [0, 0.05) is 12.5 Å². The summed E-state index contributed by atoms with van der Waals surface area (Å²) < 4.78 is 5.57. The van der Waals surface area contributed by atoms with Crippen molar-refractivity contribution in [2.75, 3.05) is 25.2 Å². The molecule has 0 bridgehead atoms. The number of aliphatic carboxylic acids is 1. The smallest absolute Gasteiger partial charge is 0.407 e. The minimum atomic E-state index is -1.06. The zero-order chi connectivity index (χ0) is 25.4. The topological polar surface area (TPSA) is 105 Å². The van der Waals surface area contributed by atoms with Gasteiger partial charge in [-0.2, -0.15) is 11.8 Å². The third kappa shape index (κ3) is 7.01. The van der Waals surface area contributed by atoms with Crippen LogP contribution >= 0.6 is 11.8 Å². The molecule has 35 heavy (non-hydrogen) atoms. The zero-order valence-corrected chi connectivity index (χ0v) is 21.3. The van der Waals surface area contributed by atoms with Gasteiger partial charge in [0.15, 0.2) is 0 Å². The molecule has 8 heteroatoms. The highest BCUT2D eigenvalue weighted by molar-refractivity contribution is 7.98. The third-order valence-electron chi connectivity index (χ3n) is 6.19. The number of rotatable bonds is 12. The van der Waals surface area contributed by atoms with E-state index in [0.29, 0.717) is 18.6 Å². The van der Waals surface area contributed by atoms with Gasteiger partial charge >= 0.3 is 12.1 Å². The van der Waals surface area contributed by atoms with Crippen molar-refractivity contribution in [3.63, 3.8) is 0 Å². The number of nitrogens with one attached hydrogen (secondary N) is 2. The molecule has 1 aliphatic rings. The fourth-order valence-corrected chi connectivity index (χ4v) is 4.96. The Morgan fingerprint density at radius 3 is 2.17 bits per heavy atom. The maximum Gasteiger partial charge on any atom is 0.407 e. The molecular weight excluding hydrogens is 464 g/mol. The van der Waals surface area contributed by atoms with Crippen molar-refractivity contribution in [3.8, 4) is 11.1 Å². The number of carboxylic acid groups (broad SMARTS) is 1. The Kier molecular flexibility index (Phi) is 9.60. The predicted octanol–water partition coefficient (Wildman–Crippen LogP) is 4.51. The lowest BCUT2D eigenvalue weighted by atomic mass is 9.95. The second-order valence-electron chi connectivity index (χ2n) is 9.21. The number of carboxylic acids is 1. The molecule has 188 valence electrons. The molecule has 1 aliphatic carbocycles. The van der Waals surface area contributed by atoms with Crippen LogP contribution < -0.4 is 10.6 Å². The summed E-state index contributed by atoms with van der Waals surface area (Å²) in [6, 6.07) is 15.3. The van der Waals surface area contributed by atoms with E-state index in [2.05, 4.69) is 34.9 Å². The summed E-state index contributed by atoms with van der Waals surface area (Å²) in [6.07, 6.45) is 2.16. The maximum atomic E-state index is 12.8. The standard InChI is InChI=1S/C27H34N2O5S/c1-17(2)14-18(25(30)29-24(26(31)32)12-13-35-3)15-28-27(33)34-16-23-21-10-6-4-8-19(21)20-9-5-7-11-22(20)23/h4-11,17-18,23-24H,12-16H2,1-3H3,(H,28,33)(H,29,30)(H,31,32)/t18?,24-/m1/s1. The minimum Gasteiger partial charge on any atom is -0.480 e. The first-order chi connectivity index (χ1) is 16.8. The van der Waals surface area contributed by atoms with E-state index in [1.54, 1.807) is 0 Å². The van der Waals surface area contributed by atoms with Crippen LogP contribution in [0.3, 0.4) is 0 Å². The lowest BCUT2D eigenvalue weighted by Gasteiger charge is -2.22. The fourth-order valence-electron chi connectivity index (χ4n) is 4.49. The van der Waals surface area contributed by atoms with Crippen molar-refractivity contribution < 1.29 is 24.2 Å². The minimum absolute atomic E-state index is 0.0457. The number of alkyl carbamates (subject to hydrolysis) is 1. The molecule has 1 unspecified atom stereocenters. The van der Waals surface area contributed by atoms with E-state index in [1.165, 1.54) is 11.8 Å². The first-order valence-electron chi connectivity index (χ1n) is 11.9. The SMILES string of the molecule is CSCC[C@@H](NC(=O)C(CNC(=O)OCC1c2ccccc2-c2ccccc21)CC(C)C)C(=O)O. The highest BCUT2D eigenvalue weighted by Gasteiger charge is 2.30. The average Bonchev–Trinajstić information content (AvgIpc) is 3.16. The Morgan fingerprint density at radius 1 is 1.03 bits per heavy atom. The molecule has 0 radical (unpaired) electrons. The lowest BCUT2D eigenvalue weighted by Crippen LogP contribution is -2.47. The van der Waals surface area contributed by atoms with Gasteiger partial charge in [0.2, 0.25) is 5.91 Å². The molecule has 0 aromatic heterocycles. The molecule has 0 aliphatic heterocycles. The summed E-state index contributed by atoms with van der Waals surface area (Å²) in [5.74, 6) is -1.19. The highest BCUT2D eigenvalue weighted by Crippen LogP contribution is 2.44. The van der Waals surface area contributed by atoms with Gasteiger partial charge in [-0.1, -0.05) is 62.4 Å². The number of amides is 2. The monoisotopic (exact) mass is 498 g/mol. The summed E-state index contributed by atoms with van der Waals surface area (Å²) in [5, 5.41) is 14.8. The number of carbonyl (C=O) groups is 3. The number of carbonyl (C=O) groups excluding carboxylic acids is 2. The highest BCUT2D eigenvalue weighted by atomic mass is 32.2. The van der Waals surface area contributed by atoms with Crippen molar-refractivity contribution in [3.05, 3.63) is 59.7 Å². The van der Waals surface area contributed by atoms with Crippen LogP contribution in [-0.2, 0) is 14.3 Å². The normalized spacial score (nSPS) is 14.1. The quantitative estimate of drug-likeness (QED) is 0.398. The van der Waals surface area contributed by atoms with Crippen LogP contribution in [0.1, 0.15) is 43.7 Å².